The number of hydrogen-bond acceptors (Lipinski definition) is 20. The maximum atomic E-state index is 13.0. The van der Waals surface area contributed by atoms with E-state index in [2.05, 4.69) is 254 Å². The maximum Gasteiger partial charge on any atom is 0.236 e. The van der Waals surface area contributed by atoms with Crippen LogP contribution >= 0.6 is 21.8 Å². The highest BCUT2D eigenvalue weighted by molar-refractivity contribution is 8.29. The highest BCUT2D eigenvalue weighted by atomic mass is 32.2. The molecule has 16 heterocycles. The fraction of sp³-hybridized carbons (Fsp3) is 0.138. The van der Waals surface area contributed by atoms with Gasteiger partial charge in [0.1, 0.15) is 28.7 Å². The van der Waals surface area contributed by atoms with Crippen LogP contribution in [0.1, 0.15) is 104 Å². The number of carbonyl (C=O) groups is 2. The molecule has 10 aliphatic heterocycles. The Morgan fingerprint density at radius 2 is 1.01 bits per heavy atom. The van der Waals surface area contributed by atoms with Gasteiger partial charge in [0, 0.05) is 183 Å². The largest absolute Gasteiger partial charge is 0.384 e. The Kier molecular flexibility index (Phi) is 22.9. The molecule has 3 N–H and O–H groups in total. The molecule has 2 bridgehead atoms. The lowest BCUT2D eigenvalue weighted by atomic mass is 9.83. The Balaban J connectivity index is 0.0000000965. The number of benzene rings is 10. The van der Waals surface area contributed by atoms with Gasteiger partial charge < -0.3 is 49.8 Å². The average Bonchev–Trinajstić information content (AvgIpc) is 1.55. The normalized spacial score (nSPS) is 21.3. The number of rotatable bonds is 15. The van der Waals surface area contributed by atoms with E-state index in [1.54, 1.807) is 48.5 Å². The molecule has 26 rings (SSSR count). The molecule has 10 aromatic carbocycles. The van der Waals surface area contributed by atoms with Crippen molar-refractivity contribution in [1.82, 2.24) is 29.9 Å². The van der Waals surface area contributed by atoms with Crippen molar-refractivity contribution < 1.29 is 23.8 Å². The van der Waals surface area contributed by atoms with Crippen molar-refractivity contribution in [2.45, 2.75) is 79.3 Å². The van der Waals surface area contributed by atoms with Crippen LogP contribution < -0.4 is 35.6 Å². The second-order valence-corrected chi connectivity index (χ2v) is 36.1. The van der Waals surface area contributed by atoms with Gasteiger partial charge in [-0.2, -0.15) is 0 Å². The molecule has 0 saturated carbocycles. The van der Waals surface area contributed by atoms with Gasteiger partial charge in [0.15, 0.2) is 30.7 Å². The van der Waals surface area contributed by atoms with Gasteiger partial charge in [0.05, 0.1) is 40.2 Å². The fourth-order valence-electron chi connectivity index (χ4n) is 19.1. The van der Waals surface area contributed by atoms with Gasteiger partial charge >= 0.3 is 0 Å². The van der Waals surface area contributed by atoms with E-state index >= 15 is 0 Å². The SMILES string of the molecule is O=C(CC1S2=CC[C@@]1(c1ccccc1)N=C2c1cccnc1)Nc1ccccc1.O=C(Nc1ccccc1)C1c2ccccc2N2C(c3cccnc3)OC12.c1ccc(N2CC3=NC(c4cccnc4)=NC3c3ccccc32)cc1.c1ccc(NCC2c3ccccc3N3C(c4cccnc4)OC23)cc1.c1cncc(-c2nc3c(s2)C2OCc4ccccc4N2c2ccccc2-3)c1. The molecule has 2 fully saturated rings. The Bertz CT molecular complexity index is 6990. The van der Waals surface area contributed by atoms with Crippen molar-refractivity contribution in [2.24, 2.45) is 15.0 Å². The van der Waals surface area contributed by atoms with Crippen LogP contribution in [0.2, 0.25) is 0 Å². The van der Waals surface area contributed by atoms with Gasteiger partial charge in [-0.1, -0.05) is 212 Å². The Morgan fingerprint density at radius 1 is 0.477 bits per heavy atom. The monoisotopic (exact) mass is 1760 g/mol. The fourth-order valence-corrected chi connectivity index (χ4v) is 23.0. The molecule has 16 aromatic rings. The van der Waals surface area contributed by atoms with Crippen molar-refractivity contribution in [3.05, 3.63) is 451 Å². The lowest BCUT2D eigenvalue weighted by molar-refractivity contribution is -0.142. The highest BCUT2D eigenvalue weighted by Gasteiger charge is 2.56. The number of hydrogen-bond donors (Lipinski definition) is 3. The van der Waals surface area contributed by atoms with Crippen LogP contribution in [0, 0.1) is 0 Å². The predicted molar refractivity (Wildman–Crippen MR) is 525 cm³/mol. The second kappa shape index (κ2) is 36.6. The lowest BCUT2D eigenvalue weighted by Gasteiger charge is -2.47. The number of pyridine rings is 5. The molecular formula is C109H88N16O5S2. The first-order valence-electron chi connectivity index (χ1n) is 44.2. The number of anilines is 9. The van der Waals surface area contributed by atoms with Gasteiger partial charge in [-0.05, 0) is 144 Å². The number of thiazole rings is 1. The van der Waals surface area contributed by atoms with Crippen LogP contribution in [0.15, 0.2) is 411 Å². The van der Waals surface area contributed by atoms with E-state index in [4.69, 9.17) is 34.2 Å². The zero-order chi connectivity index (χ0) is 88.3. The number of amides is 2. The third kappa shape index (κ3) is 15.9. The van der Waals surface area contributed by atoms with Crippen molar-refractivity contribution in [1.29, 1.82) is 0 Å². The Labute approximate surface area is 770 Å². The van der Waals surface area contributed by atoms with Crippen molar-refractivity contribution in [2.75, 3.05) is 48.6 Å². The van der Waals surface area contributed by atoms with Crippen LogP contribution in [0.25, 0.3) is 21.8 Å². The summed E-state index contributed by atoms with van der Waals surface area (Å²) in [7, 11) is -0.181. The van der Waals surface area contributed by atoms with Gasteiger partial charge in [-0.3, -0.25) is 44.5 Å². The molecule has 646 valence electrons. The minimum Gasteiger partial charge on any atom is -0.384 e. The van der Waals surface area contributed by atoms with Crippen LogP contribution in [0.5, 0.6) is 0 Å². The van der Waals surface area contributed by atoms with Gasteiger partial charge in [0.25, 0.3) is 0 Å². The van der Waals surface area contributed by atoms with Crippen LogP contribution in [0.4, 0.5) is 51.2 Å². The summed E-state index contributed by atoms with van der Waals surface area (Å²) < 4.78 is 18.7. The van der Waals surface area contributed by atoms with Crippen LogP contribution in [0.3, 0.4) is 0 Å². The number of ether oxygens (including phenoxy) is 3. The van der Waals surface area contributed by atoms with Crippen molar-refractivity contribution in [3.8, 4) is 21.8 Å². The molecule has 132 heavy (non-hydrogen) atoms. The lowest BCUT2D eigenvalue weighted by Crippen LogP contribution is -2.54. The van der Waals surface area contributed by atoms with Crippen LogP contribution in [-0.2, 0) is 35.9 Å². The molecule has 0 spiro atoms. The first kappa shape index (κ1) is 82.3. The number of nitrogens with zero attached hydrogens (tertiary/aromatic N) is 13. The van der Waals surface area contributed by atoms with Crippen LogP contribution in [-0.4, -0.2) is 94.5 Å². The smallest absolute Gasteiger partial charge is 0.236 e. The number of aliphatic imine (C=N–C) groups is 3. The summed E-state index contributed by atoms with van der Waals surface area (Å²) in [6.07, 6.45) is 18.8. The summed E-state index contributed by atoms with van der Waals surface area (Å²) in [5.41, 5.74) is 23.8. The quantitative estimate of drug-likeness (QED) is 0.0811. The first-order valence-corrected chi connectivity index (χ1v) is 46.4. The van der Waals surface area contributed by atoms with E-state index in [0.717, 1.165) is 119 Å². The molecule has 0 aliphatic carbocycles. The van der Waals surface area contributed by atoms with Crippen molar-refractivity contribution >= 4 is 107 Å². The minimum atomic E-state index is -0.371. The first-order chi connectivity index (χ1) is 65.3. The molecule has 2 amide bonds. The number of aromatic nitrogens is 6. The predicted octanol–water partition coefficient (Wildman–Crippen LogP) is 22.2. The van der Waals surface area contributed by atoms with E-state index in [1.165, 1.54) is 45.0 Å². The summed E-state index contributed by atoms with van der Waals surface area (Å²) in [6.45, 7) is 2.21. The summed E-state index contributed by atoms with van der Waals surface area (Å²) in [4.78, 5) is 77.3. The molecule has 10 unspecified atom stereocenters. The molecule has 11 atom stereocenters. The summed E-state index contributed by atoms with van der Waals surface area (Å²) in [5, 5.41) is 14.1. The molecule has 2 saturated heterocycles. The molecule has 10 aliphatic rings. The maximum absolute atomic E-state index is 13.0. The number of nitrogens with one attached hydrogen (secondary N) is 3. The number of fused-ring (bicyclic) bond motifs is 19. The molecule has 23 heteroatoms. The van der Waals surface area contributed by atoms with E-state index in [9.17, 15) is 9.59 Å². The zero-order valence-corrected chi connectivity index (χ0v) is 73.1. The number of carbonyl (C=O) groups excluding carboxylic acids is 2. The van der Waals surface area contributed by atoms with Gasteiger partial charge in [-0.15, -0.1) is 21.8 Å². The number of para-hydroxylation sites is 9. The zero-order valence-electron chi connectivity index (χ0n) is 71.5. The second-order valence-electron chi connectivity index (χ2n) is 33.1. The van der Waals surface area contributed by atoms with Crippen molar-refractivity contribution in [3.63, 3.8) is 0 Å². The molecule has 0 radical (unpaired) electrons. The highest BCUT2D eigenvalue weighted by Crippen LogP contribution is 2.59. The van der Waals surface area contributed by atoms with E-state index in [1.807, 2.05) is 170 Å². The van der Waals surface area contributed by atoms with E-state index < -0.39 is 0 Å². The average molecular weight is 1770 g/mol. The van der Waals surface area contributed by atoms with Gasteiger partial charge in [-0.25, -0.2) is 9.98 Å². The topological polar surface area (TPSA) is 225 Å². The number of amidine groups is 1. The molecule has 21 nitrogen and oxygen atoms in total. The van der Waals surface area contributed by atoms with E-state index in [-0.39, 0.29) is 76.2 Å². The Hall–Kier alpha value is -15.4. The summed E-state index contributed by atoms with van der Waals surface area (Å²) in [6, 6.07) is 112. The standard InChI is InChI=1S/C24H21N3OS.C22H15N3OS.C21H16N4.C21H17N3O2.C21H19N3O/c28-22(26-20-11-5-2-6-12-20)16-21-24(19-9-3-1-4-10-19)13-15-29(21)23(27-24)18-8-7-14-25-17-18;1-3-9-17-15(6-1)13-26-22-20-19(16-8-2-4-10-18(16)25(17)22)24-21(27-20)14-7-5-11-23-12-14;1-2-8-16(9-3-1)25-14-18-20(17-10-4-5-11-19(17)25)24-21(23-18)15-7-6-12-22-13-15;25-19(23-15-8-2-1-3-9-15)18-16-10-4-5-11-17(16)24-20(26-21(18)24)14-7-6-12-22-13-14;1-2-8-16(9-3-1)23-14-18-17-10-4-5-11-19(17)24-20(25-21(18)24)15-7-6-12-22-13-15/h1-12,14-15,17,21H,13,16H2,(H,26,28);1-12,22H,13H2;1-13,20H,14H2;1-13,18,20-21H,(H,23,25);1-13,18,20-21,23H,14H2/t21?,24-,29?;;;;/m0..../s1. The van der Waals surface area contributed by atoms with E-state index in [0.29, 0.717) is 18.9 Å². The molecule has 6 aromatic heterocycles. The van der Waals surface area contributed by atoms with Gasteiger partial charge in [0.2, 0.25) is 11.8 Å². The summed E-state index contributed by atoms with van der Waals surface area (Å²) >= 11 is 1.69. The third-order valence-electron chi connectivity index (χ3n) is 25.2. The third-order valence-corrected chi connectivity index (χ3v) is 28.8. The summed E-state index contributed by atoms with van der Waals surface area (Å²) in [5.74, 6) is 0.708. The Morgan fingerprint density at radius 3 is 1.66 bits per heavy atom. The minimum absolute atomic E-state index is 0.00590. The molecular weight excluding hydrogens is 1680 g/mol.